The Morgan fingerprint density at radius 3 is 1.15 bits per heavy atom. The summed E-state index contributed by atoms with van der Waals surface area (Å²) in [7, 11) is 0. The van der Waals surface area contributed by atoms with Crippen molar-refractivity contribution in [3.8, 4) is 0 Å². The zero-order valence-corrected chi connectivity index (χ0v) is 19.9. The van der Waals surface area contributed by atoms with Gasteiger partial charge in [-0.05, 0) is 44.8 Å². The van der Waals surface area contributed by atoms with E-state index in [-0.39, 0.29) is 0 Å². The molecule has 164 valence electrons. The molecule has 0 N–H and O–H groups in total. The minimum atomic E-state index is 0.892. The molecule has 0 aromatic carbocycles. The van der Waals surface area contributed by atoms with Crippen LogP contribution in [0.25, 0.3) is 0 Å². The normalized spacial score (nSPS) is 11.8. The summed E-state index contributed by atoms with van der Waals surface area (Å²) in [5, 5.41) is 0. The Kier molecular flexibility index (Phi) is 22.2. The van der Waals surface area contributed by atoms with Gasteiger partial charge in [0.05, 0.1) is 0 Å². The van der Waals surface area contributed by atoms with Gasteiger partial charge in [-0.15, -0.1) is 0 Å². The van der Waals surface area contributed by atoms with Gasteiger partial charge in [-0.25, -0.2) is 0 Å². The van der Waals surface area contributed by atoms with Crippen molar-refractivity contribution in [3.05, 3.63) is 0 Å². The van der Waals surface area contributed by atoms with Crippen molar-refractivity contribution in [2.75, 3.05) is 19.6 Å². The first-order chi connectivity index (χ1) is 13.2. The Morgan fingerprint density at radius 1 is 0.444 bits per heavy atom. The van der Waals surface area contributed by atoms with Gasteiger partial charge < -0.3 is 4.90 Å². The van der Waals surface area contributed by atoms with E-state index in [9.17, 15) is 0 Å². The average Bonchev–Trinajstić information content (AvgIpc) is 2.65. The van der Waals surface area contributed by atoms with Crippen LogP contribution in [0.4, 0.5) is 0 Å². The summed E-state index contributed by atoms with van der Waals surface area (Å²) < 4.78 is 0. The maximum atomic E-state index is 2.78. The van der Waals surface area contributed by atoms with E-state index in [1.165, 1.54) is 135 Å². The summed E-state index contributed by atoms with van der Waals surface area (Å²) in [5.74, 6) is 0.892. The van der Waals surface area contributed by atoms with Gasteiger partial charge in [0, 0.05) is 0 Å². The summed E-state index contributed by atoms with van der Waals surface area (Å²) in [6, 6.07) is 0. The van der Waals surface area contributed by atoms with Crippen molar-refractivity contribution in [1.29, 1.82) is 0 Å². The predicted octanol–water partition coefficient (Wildman–Crippen LogP) is 9.01. The van der Waals surface area contributed by atoms with Gasteiger partial charge in [-0.1, -0.05) is 124 Å². The molecule has 0 aromatic heterocycles. The van der Waals surface area contributed by atoms with Gasteiger partial charge in [0.2, 0.25) is 0 Å². The fourth-order valence-corrected chi connectivity index (χ4v) is 3.99. The predicted molar refractivity (Wildman–Crippen MR) is 126 cm³/mol. The van der Waals surface area contributed by atoms with Crippen LogP contribution in [0.15, 0.2) is 0 Å². The van der Waals surface area contributed by atoms with Crippen molar-refractivity contribution < 1.29 is 0 Å². The smallest absolute Gasteiger partial charge is 0.00187 e. The van der Waals surface area contributed by atoms with E-state index in [0.29, 0.717) is 0 Å². The van der Waals surface area contributed by atoms with Crippen molar-refractivity contribution in [1.82, 2.24) is 4.90 Å². The second-order valence-corrected chi connectivity index (χ2v) is 9.33. The number of hydrogen-bond acceptors (Lipinski definition) is 1. The van der Waals surface area contributed by atoms with Crippen LogP contribution in [0.1, 0.15) is 143 Å². The van der Waals surface area contributed by atoms with E-state index in [0.717, 1.165) is 5.92 Å². The molecule has 0 rings (SSSR count). The van der Waals surface area contributed by atoms with Gasteiger partial charge in [0.15, 0.2) is 0 Å². The van der Waals surface area contributed by atoms with Crippen LogP contribution >= 0.6 is 0 Å². The van der Waals surface area contributed by atoms with Gasteiger partial charge in [-0.3, -0.25) is 0 Å². The van der Waals surface area contributed by atoms with Crippen molar-refractivity contribution in [2.45, 2.75) is 143 Å². The third-order valence-electron chi connectivity index (χ3n) is 5.91. The van der Waals surface area contributed by atoms with E-state index < -0.39 is 0 Å². The molecule has 0 aliphatic rings. The second kappa shape index (κ2) is 22.3. The highest BCUT2D eigenvalue weighted by Gasteiger charge is 2.04. The lowest BCUT2D eigenvalue weighted by Gasteiger charge is -2.22. The molecule has 0 amide bonds. The molecule has 1 nitrogen and oxygen atoms in total. The molecular formula is C26H55N. The van der Waals surface area contributed by atoms with Crippen LogP contribution in [0.5, 0.6) is 0 Å². The summed E-state index contributed by atoms with van der Waals surface area (Å²) in [6.07, 6.45) is 25.8. The summed E-state index contributed by atoms with van der Waals surface area (Å²) in [6.45, 7) is 13.4. The molecule has 0 saturated heterocycles. The molecule has 0 fully saturated rings. The molecule has 0 unspecified atom stereocenters. The second-order valence-electron chi connectivity index (χ2n) is 9.33. The average molecular weight is 382 g/mol. The first kappa shape index (κ1) is 27.0. The zero-order chi connectivity index (χ0) is 20.0. The van der Waals surface area contributed by atoms with Crippen LogP contribution in [0.2, 0.25) is 0 Å². The minimum Gasteiger partial charge on any atom is -0.303 e. The van der Waals surface area contributed by atoms with E-state index >= 15 is 0 Å². The molecule has 0 aliphatic carbocycles. The summed E-state index contributed by atoms with van der Waals surface area (Å²) in [4.78, 5) is 2.78. The van der Waals surface area contributed by atoms with E-state index in [4.69, 9.17) is 0 Å². The lowest BCUT2D eigenvalue weighted by Crippen LogP contribution is -2.27. The van der Waals surface area contributed by atoms with Crippen LogP contribution in [0.3, 0.4) is 0 Å². The zero-order valence-electron chi connectivity index (χ0n) is 19.9. The molecular weight excluding hydrogens is 326 g/mol. The van der Waals surface area contributed by atoms with Gasteiger partial charge >= 0.3 is 0 Å². The first-order valence-corrected chi connectivity index (χ1v) is 12.9. The molecule has 0 saturated carbocycles. The first-order valence-electron chi connectivity index (χ1n) is 12.9. The molecule has 0 heterocycles. The summed E-state index contributed by atoms with van der Waals surface area (Å²) >= 11 is 0. The lowest BCUT2D eigenvalue weighted by molar-refractivity contribution is 0.254. The van der Waals surface area contributed by atoms with Crippen molar-refractivity contribution >= 4 is 0 Å². The lowest BCUT2D eigenvalue weighted by atomic mass is 10.0. The Bertz CT molecular complexity index is 249. The van der Waals surface area contributed by atoms with Crippen LogP contribution in [-0.2, 0) is 0 Å². The standard InChI is InChI=1S/C26H55N/c1-5-7-9-19-23-27(24-20-10-8-6-2)25-21-17-15-13-11-12-14-16-18-22-26(3)4/h26H,5-25H2,1-4H3. The van der Waals surface area contributed by atoms with E-state index in [1.807, 2.05) is 0 Å². The topological polar surface area (TPSA) is 3.24 Å². The molecule has 0 aromatic rings. The quantitative estimate of drug-likeness (QED) is 0.169. The fraction of sp³-hybridized carbons (Fsp3) is 1.00. The van der Waals surface area contributed by atoms with Crippen LogP contribution < -0.4 is 0 Å². The SMILES string of the molecule is CCCCCCN(CCCCCC)CCCCCCCCCCCC(C)C. The Balaban J connectivity index is 3.57. The maximum Gasteiger partial charge on any atom is -0.00187 e. The molecule has 0 radical (unpaired) electrons. The molecule has 27 heavy (non-hydrogen) atoms. The molecule has 0 aliphatic heterocycles. The fourth-order valence-electron chi connectivity index (χ4n) is 3.99. The van der Waals surface area contributed by atoms with Gasteiger partial charge in [0.1, 0.15) is 0 Å². The summed E-state index contributed by atoms with van der Waals surface area (Å²) in [5.41, 5.74) is 0. The number of hydrogen-bond donors (Lipinski definition) is 0. The monoisotopic (exact) mass is 381 g/mol. The maximum absolute atomic E-state index is 2.78. The highest BCUT2D eigenvalue weighted by Crippen LogP contribution is 2.13. The number of unbranched alkanes of at least 4 members (excludes halogenated alkanes) is 14. The molecule has 0 spiro atoms. The highest BCUT2D eigenvalue weighted by molar-refractivity contribution is 4.60. The minimum absolute atomic E-state index is 0.892. The third kappa shape index (κ3) is 22.1. The molecule has 1 heteroatoms. The van der Waals surface area contributed by atoms with Gasteiger partial charge in [0.25, 0.3) is 0 Å². The molecule has 0 atom stereocenters. The van der Waals surface area contributed by atoms with Gasteiger partial charge in [-0.2, -0.15) is 0 Å². The van der Waals surface area contributed by atoms with E-state index in [1.54, 1.807) is 0 Å². The Labute approximate surface area is 174 Å². The number of rotatable bonds is 22. The van der Waals surface area contributed by atoms with Crippen molar-refractivity contribution in [2.24, 2.45) is 5.92 Å². The Hall–Kier alpha value is -0.0400. The highest BCUT2D eigenvalue weighted by atomic mass is 15.1. The third-order valence-corrected chi connectivity index (χ3v) is 5.91. The number of nitrogens with zero attached hydrogens (tertiary/aromatic N) is 1. The van der Waals surface area contributed by atoms with E-state index in [2.05, 4.69) is 32.6 Å². The molecule has 0 bridgehead atoms. The van der Waals surface area contributed by atoms with Crippen LogP contribution in [-0.4, -0.2) is 24.5 Å². The van der Waals surface area contributed by atoms with Crippen LogP contribution in [0, 0.1) is 5.92 Å². The van der Waals surface area contributed by atoms with Crippen molar-refractivity contribution in [3.63, 3.8) is 0 Å². The largest absolute Gasteiger partial charge is 0.303 e. The Morgan fingerprint density at radius 2 is 0.778 bits per heavy atom.